The van der Waals surface area contributed by atoms with Gasteiger partial charge in [-0.1, -0.05) is 12.1 Å². The minimum Gasteiger partial charge on any atom is -0.467 e. The highest BCUT2D eigenvalue weighted by Crippen LogP contribution is 2.32. The standard InChI is InChI=1S/C19H21N5O2/c1-23-17(22-15-7-4-3-6-14(15)18(23)25)16-8-5-11-24(16)12-13-9-10-20-19(21-13)26-2/h3-4,6-7,9-10,16H,5,8,11-12H2,1-2H3. The van der Waals surface area contributed by atoms with Gasteiger partial charge in [0, 0.05) is 19.8 Å². The average Bonchev–Trinajstić information content (AvgIpc) is 3.12. The molecule has 3 aromatic rings. The lowest BCUT2D eigenvalue weighted by Crippen LogP contribution is -2.30. The predicted octanol–water partition coefficient (Wildman–Crippen LogP) is 2.07. The molecule has 1 unspecified atom stereocenters. The van der Waals surface area contributed by atoms with E-state index < -0.39 is 0 Å². The molecule has 0 aliphatic carbocycles. The Morgan fingerprint density at radius 2 is 2.08 bits per heavy atom. The fourth-order valence-corrected chi connectivity index (χ4v) is 3.61. The van der Waals surface area contributed by atoms with E-state index in [2.05, 4.69) is 14.9 Å². The Morgan fingerprint density at radius 1 is 1.23 bits per heavy atom. The Morgan fingerprint density at radius 3 is 2.92 bits per heavy atom. The van der Waals surface area contributed by atoms with Crippen molar-refractivity contribution in [2.45, 2.75) is 25.4 Å². The van der Waals surface area contributed by atoms with Crippen LogP contribution in [-0.2, 0) is 13.6 Å². The van der Waals surface area contributed by atoms with E-state index in [1.165, 1.54) is 0 Å². The summed E-state index contributed by atoms with van der Waals surface area (Å²) in [6.45, 7) is 1.62. The molecule has 0 radical (unpaired) electrons. The first-order chi connectivity index (χ1) is 12.7. The monoisotopic (exact) mass is 351 g/mol. The number of fused-ring (bicyclic) bond motifs is 1. The van der Waals surface area contributed by atoms with Crippen molar-refractivity contribution in [3.63, 3.8) is 0 Å². The van der Waals surface area contributed by atoms with Crippen molar-refractivity contribution in [2.24, 2.45) is 7.05 Å². The van der Waals surface area contributed by atoms with Gasteiger partial charge in [-0.05, 0) is 37.6 Å². The van der Waals surface area contributed by atoms with Gasteiger partial charge in [0.1, 0.15) is 5.82 Å². The number of methoxy groups -OCH3 is 1. The number of nitrogens with zero attached hydrogens (tertiary/aromatic N) is 5. The Balaban J connectivity index is 1.69. The van der Waals surface area contributed by atoms with Crippen LogP contribution in [0.2, 0.25) is 0 Å². The molecule has 1 aliphatic rings. The Kier molecular flexibility index (Phi) is 4.38. The smallest absolute Gasteiger partial charge is 0.316 e. The summed E-state index contributed by atoms with van der Waals surface area (Å²) >= 11 is 0. The van der Waals surface area contributed by atoms with Crippen LogP contribution in [0, 0.1) is 0 Å². The predicted molar refractivity (Wildman–Crippen MR) is 98.0 cm³/mol. The van der Waals surface area contributed by atoms with Gasteiger partial charge in [0.2, 0.25) is 0 Å². The molecule has 0 N–H and O–H groups in total. The van der Waals surface area contributed by atoms with Crippen molar-refractivity contribution in [1.29, 1.82) is 0 Å². The lowest BCUT2D eigenvalue weighted by atomic mass is 10.1. The van der Waals surface area contributed by atoms with E-state index in [1.807, 2.05) is 30.3 Å². The quantitative estimate of drug-likeness (QED) is 0.716. The van der Waals surface area contributed by atoms with Crippen LogP contribution in [0.5, 0.6) is 6.01 Å². The van der Waals surface area contributed by atoms with Crippen LogP contribution in [0.15, 0.2) is 41.3 Å². The van der Waals surface area contributed by atoms with Crippen LogP contribution >= 0.6 is 0 Å². The molecule has 4 rings (SSSR count). The Hall–Kier alpha value is -2.80. The summed E-state index contributed by atoms with van der Waals surface area (Å²) < 4.78 is 6.80. The lowest BCUT2D eigenvalue weighted by molar-refractivity contribution is 0.231. The summed E-state index contributed by atoms with van der Waals surface area (Å²) in [5.41, 5.74) is 1.65. The summed E-state index contributed by atoms with van der Waals surface area (Å²) in [5.74, 6) is 0.812. The summed E-state index contributed by atoms with van der Waals surface area (Å²) in [7, 11) is 3.37. The Bertz CT molecular complexity index is 1000. The first kappa shape index (κ1) is 16.7. The third kappa shape index (κ3) is 2.94. The van der Waals surface area contributed by atoms with E-state index >= 15 is 0 Å². The van der Waals surface area contributed by atoms with E-state index in [-0.39, 0.29) is 11.6 Å². The molecule has 0 amide bonds. The first-order valence-electron chi connectivity index (χ1n) is 8.73. The number of para-hydroxylation sites is 1. The van der Waals surface area contributed by atoms with Crippen LogP contribution in [0.25, 0.3) is 10.9 Å². The van der Waals surface area contributed by atoms with Crippen LogP contribution in [0.3, 0.4) is 0 Å². The number of aromatic nitrogens is 4. The molecule has 26 heavy (non-hydrogen) atoms. The molecule has 134 valence electrons. The molecular weight excluding hydrogens is 330 g/mol. The molecule has 0 saturated carbocycles. The van der Waals surface area contributed by atoms with E-state index in [0.717, 1.165) is 36.4 Å². The number of hydrogen-bond donors (Lipinski definition) is 0. The van der Waals surface area contributed by atoms with Gasteiger partial charge in [-0.15, -0.1) is 0 Å². The van der Waals surface area contributed by atoms with Gasteiger partial charge in [-0.2, -0.15) is 4.98 Å². The van der Waals surface area contributed by atoms with Crippen LogP contribution < -0.4 is 10.3 Å². The van der Waals surface area contributed by atoms with Gasteiger partial charge >= 0.3 is 6.01 Å². The van der Waals surface area contributed by atoms with E-state index in [0.29, 0.717) is 17.9 Å². The maximum absolute atomic E-state index is 12.7. The van der Waals surface area contributed by atoms with Crippen LogP contribution in [-0.4, -0.2) is 38.1 Å². The SMILES string of the molecule is COc1nccc(CN2CCCC2c2nc3ccccc3c(=O)n2C)n1. The zero-order valence-electron chi connectivity index (χ0n) is 14.9. The molecule has 1 fully saturated rings. The molecular formula is C19H21N5O2. The van der Waals surface area contributed by atoms with Crippen molar-refractivity contribution in [3.05, 3.63) is 58.4 Å². The zero-order chi connectivity index (χ0) is 18.1. The summed E-state index contributed by atoms with van der Waals surface area (Å²) in [6.07, 6.45) is 3.74. The van der Waals surface area contributed by atoms with E-state index in [1.54, 1.807) is 24.9 Å². The third-order valence-electron chi connectivity index (χ3n) is 4.92. The van der Waals surface area contributed by atoms with Gasteiger partial charge in [0.25, 0.3) is 5.56 Å². The van der Waals surface area contributed by atoms with Crippen molar-refractivity contribution in [1.82, 2.24) is 24.4 Å². The fraction of sp³-hybridized carbons (Fsp3) is 0.368. The van der Waals surface area contributed by atoms with Gasteiger partial charge in [-0.3, -0.25) is 14.3 Å². The molecule has 7 nitrogen and oxygen atoms in total. The Labute approximate surface area is 151 Å². The molecule has 1 saturated heterocycles. The molecule has 1 aliphatic heterocycles. The molecule has 7 heteroatoms. The van der Waals surface area contributed by atoms with Crippen molar-refractivity contribution in [3.8, 4) is 6.01 Å². The topological polar surface area (TPSA) is 73.1 Å². The minimum atomic E-state index is 0.00107. The fourth-order valence-electron chi connectivity index (χ4n) is 3.61. The maximum atomic E-state index is 12.7. The lowest BCUT2D eigenvalue weighted by Gasteiger charge is -2.25. The number of benzene rings is 1. The summed E-state index contributed by atoms with van der Waals surface area (Å²) in [6, 6.07) is 9.87. The number of ether oxygens (including phenoxy) is 1. The normalized spacial score (nSPS) is 17.7. The van der Waals surface area contributed by atoms with E-state index in [4.69, 9.17) is 9.72 Å². The number of likely N-dealkylation sites (tertiary alicyclic amines) is 1. The molecule has 0 spiro atoms. The van der Waals surface area contributed by atoms with E-state index in [9.17, 15) is 4.79 Å². The van der Waals surface area contributed by atoms with Gasteiger partial charge in [-0.25, -0.2) is 9.97 Å². The molecule has 0 bridgehead atoms. The summed E-state index contributed by atoms with van der Waals surface area (Å²) in [5, 5.41) is 0.656. The van der Waals surface area contributed by atoms with Gasteiger partial charge in [0.15, 0.2) is 0 Å². The molecule has 1 atom stereocenters. The van der Waals surface area contributed by atoms with Crippen LogP contribution in [0.1, 0.15) is 30.4 Å². The second-order valence-electron chi connectivity index (χ2n) is 6.51. The molecule has 2 aromatic heterocycles. The highest BCUT2D eigenvalue weighted by molar-refractivity contribution is 5.77. The molecule has 1 aromatic carbocycles. The minimum absolute atomic E-state index is 0.00107. The van der Waals surface area contributed by atoms with Gasteiger partial charge < -0.3 is 4.74 Å². The zero-order valence-corrected chi connectivity index (χ0v) is 14.9. The first-order valence-corrected chi connectivity index (χ1v) is 8.73. The average molecular weight is 351 g/mol. The maximum Gasteiger partial charge on any atom is 0.316 e. The second kappa shape index (κ2) is 6.84. The highest BCUT2D eigenvalue weighted by Gasteiger charge is 2.30. The van der Waals surface area contributed by atoms with Crippen molar-refractivity contribution < 1.29 is 4.74 Å². The number of rotatable bonds is 4. The summed E-state index contributed by atoms with van der Waals surface area (Å²) in [4.78, 5) is 28.3. The number of hydrogen-bond acceptors (Lipinski definition) is 6. The second-order valence-corrected chi connectivity index (χ2v) is 6.51. The highest BCUT2D eigenvalue weighted by atomic mass is 16.5. The third-order valence-corrected chi connectivity index (χ3v) is 4.92. The van der Waals surface area contributed by atoms with Gasteiger partial charge in [0.05, 0.1) is 29.7 Å². The largest absolute Gasteiger partial charge is 0.467 e. The van der Waals surface area contributed by atoms with Crippen LogP contribution in [0.4, 0.5) is 0 Å². The van der Waals surface area contributed by atoms with Crippen molar-refractivity contribution in [2.75, 3.05) is 13.7 Å². The van der Waals surface area contributed by atoms with Crippen molar-refractivity contribution >= 4 is 10.9 Å². The molecule has 3 heterocycles.